The van der Waals surface area contributed by atoms with E-state index in [1.807, 2.05) is 13.8 Å². The highest BCUT2D eigenvalue weighted by molar-refractivity contribution is 7.98. The smallest absolute Gasteiger partial charge is 0.306 e. The van der Waals surface area contributed by atoms with Crippen LogP contribution < -0.4 is 5.32 Å². The lowest BCUT2D eigenvalue weighted by Gasteiger charge is -2.40. The normalized spacial score (nSPS) is 21.9. The molecule has 4 atom stereocenters. The van der Waals surface area contributed by atoms with Crippen molar-refractivity contribution < 1.29 is 13.9 Å². The molecule has 1 aliphatic carbocycles. The number of ether oxygens (including phenoxy) is 1. The van der Waals surface area contributed by atoms with Gasteiger partial charge in [-0.25, -0.2) is 4.39 Å². The largest absolute Gasteiger partial charge is 0.466 e. The summed E-state index contributed by atoms with van der Waals surface area (Å²) >= 11 is 8.12. The summed E-state index contributed by atoms with van der Waals surface area (Å²) in [6.07, 6.45) is 5.12. The Morgan fingerprint density at radius 3 is 2.66 bits per heavy atom. The first-order valence-corrected chi connectivity index (χ1v) is 13.0. The number of aryl methyl sites for hydroxylation is 1. The van der Waals surface area contributed by atoms with Gasteiger partial charge in [-0.15, -0.1) is 11.8 Å². The number of hydrogen-bond acceptors (Lipinski definition) is 4. The molecule has 1 fully saturated rings. The highest BCUT2D eigenvalue weighted by atomic mass is 35.5. The van der Waals surface area contributed by atoms with E-state index in [9.17, 15) is 4.79 Å². The molecule has 3 rings (SSSR count). The first-order valence-electron chi connectivity index (χ1n) is 11.3. The van der Waals surface area contributed by atoms with Crippen LogP contribution in [0.3, 0.4) is 0 Å². The highest BCUT2D eigenvalue weighted by Gasteiger charge is 2.38. The van der Waals surface area contributed by atoms with Crippen molar-refractivity contribution in [2.24, 2.45) is 5.92 Å². The van der Waals surface area contributed by atoms with Crippen LogP contribution in [0.1, 0.15) is 68.2 Å². The Balaban J connectivity index is 1.91. The summed E-state index contributed by atoms with van der Waals surface area (Å²) in [7, 11) is 0. The van der Waals surface area contributed by atoms with Crippen molar-refractivity contribution in [2.45, 2.75) is 69.4 Å². The molecule has 0 radical (unpaired) electrons. The second kappa shape index (κ2) is 11.5. The van der Waals surface area contributed by atoms with Crippen molar-refractivity contribution in [3.63, 3.8) is 0 Å². The Bertz CT molecular complexity index is 921. The van der Waals surface area contributed by atoms with Crippen molar-refractivity contribution >= 4 is 29.3 Å². The van der Waals surface area contributed by atoms with E-state index in [4.69, 9.17) is 16.3 Å². The fraction of sp³-hybridized carbons (Fsp3) is 0.500. The Morgan fingerprint density at radius 2 is 2.00 bits per heavy atom. The van der Waals surface area contributed by atoms with E-state index < -0.39 is 0 Å². The van der Waals surface area contributed by atoms with Gasteiger partial charge in [0.1, 0.15) is 5.82 Å². The van der Waals surface area contributed by atoms with Gasteiger partial charge < -0.3 is 10.1 Å². The third-order valence-corrected chi connectivity index (χ3v) is 7.63. The fourth-order valence-electron chi connectivity index (χ4n) is 4.84. The zero-order chi connectivity index (χ0) is 23.3. The molecule has 3 nitrogen and oxygen atoms in total. The predicted molar refractivity (Wildman–Crippen MR) is 131 cm³/mol. The molecule has 0 bridgehead atoms. The number of carbonyl (C=O) groups is 1. The molecule has 1 saturated carbocycles. The van der Waals surface area contributed by atoms with Crippen LogP contribution in [0.2, 0.25) is 5.02 Å². The van der Waals surface area contributed by atoms with Crippen molar-refractivity contribution in [3.05, 3.63) is 63.9 Å². The lowest BCUT2D eigenvalue weighted by molar-refractivity contribution is -0.144. The Hall–Kier alpha value is -1.56. The van der Waals surface area contributed by atoms with Crippen molar-refractivity contribution in [3.8, 4) is 0 Å². The monoisotopic (exact) mass is 477 g/mol. The molecule has 1 N–H and O–H groups in total. The maximum absolute atomic E-state index is 15.2. The topological polar surface area (TPSA) is 38.3 Å². The van der Waals surface area contributed by atoms with Crippen molar-refractivity contribution in [1.29, 1.82) is 0 Å². The third kappa shape index (κ3) is 6.06. The summed E-state index contributed by atoms with van der Waals surface area (Å²) in [5, 5.41) is 4.31. The molecule has 0 spiro atoms. The van der Waals surface area contributed by atoms with Gasteiger partial charge in [0.25, 0.3) is 0 Å². The summed E-state index contributed by atoms with van der Waals surface area (Å²) in [5.41, 5.74) is 2.51. The molecule has 32 heavy (non-hydrogen) atoms. The zero-order valence-corrected chi connectivity index (χ0v) is 20.9. The van der Waals surface area contributed by atoms with Gasteiger partial charge in [0.05, 0.1) is 6.61 Å². The number of thioether (sulfide) groups is 1. The van der Waals surface area contributed by atoms with E-state index in [1.54, 1.807) is 17.8 Å². The Morgan fingerprint density at radius 1 is 1.28 bits per heavy atom. The minimum absolute atomic E-state index is 0.000333. The second-order valence-electron chi connectivity index (χ2n) is 8.62. The molecule has 0 saturated heterocycles. The van der Waals surface area contributed by atoms with Gasteiger partial charge in [0.2, 0.25) is 0 Å². The molecule has 2 aromatic rings. The number of carbonyl (C=O) groups excluding carboxylic acids is 1. The van der Waals surface area contributed by atoms with Crippen LogP contribution >= 0.6 is 23.4 Å². The molecule has 1 aliphatic rings. The number of nitrogens with one attached hydrogen (secondary N) is 1. The van der Waals surface area contributed by atoms with Gasteiger partial charge in [0.15, 0.2) is 0 Å². The molecular weight excluding hydrogens is 445 g/mol. The maximum Gasteiger partial charge on any atom is 0.306 e. The van der Waals surface area contributed by atoms with Gasteiger partial charge in [-0.05, 0) is 86.7 Å². The lowest BCUT2D eigenvalue weighted by atomic mass is 9.70. The molecule has 0 amide bonds. The van der Waals surface area contributed by atoms with Gasteiger partial charge >= 0.3 is 5.97 Å². The molecule has 4 unspecified atom stereocenters. The van der Waals surface area contributed by atoms with Crippen LogP contribution in [0.25, 0.3) is 0 Å². The second-order valence-corrected chi connectivity index (χ2v) is 9.90. The maximum atomic E-state index is 15.2. The number of halogens is 2. The molecule has 0 aromatic heterocycles. The molecule has 174 valence electrons. The van der Waals surface area contributed by atoms with Crippen LogP contribution in [-0.2, 0) is 9.53 Å². The van der Waals surface area contributed by atoms with Gasteiger partial charge in [-0.1, -0.05) is 30.2 Å². The summed E-state index contributed by atoms with van der Waals surface area (Å²) in [5.74, 6) is -0.627. The zero-order valence-electron chi connectivity index (χ0n) is 19.3. The average Bonchev–Trinajstić information content (AvgIpc) is 2.77. The van der Waals surface area contributed by atoms with Crippen LogP contribution in [0, 0.1) is 18.7 Å². The fourth-order valence-corrected chi connectivity index (χ4v) is 5.42. The highest BCUT2D eigenvalue weighted by Crippen LogP contribution is 2.43. The standard InChI is InChI=1S/C26H33ClFNO2S/c1-5-31-25(30)14-19-7-6-8-24(26(19)21-15-22(27)16(2)13-23(21)28)29-17(3)18-9-11-20(32-4)12-10-18/h9-13,15,17,19,24,26,29H,5-8,14H2,1-4H3. The van der Waals surface area contributed by atoms with Crippen LogP contribution in [0.5, 0.6) is 0 Å². The van der Waals surface area contributed by atoms with Gasteiger partial charge in [0, 0.05) is 34.3 Å². The van der Waals surface area contributed by atoms with E-state index in [2.05, 4.69) is 42.8 Å². The Kier molecular flexibility index (Phi) is 9.04. The number of benzene rings is 2. The predicted octanol–water partition coefficient (Wildman–Crippen LogP) is 7.07. The van der Waals surface area contributed by atoms with Crippen LogP contribution in [-0.4, -0.2) is 24.9 Å². The van der Waals surface area contributed by atoms with E-state index >= 15 is 4.39 Å². The summed E-state index contributed by atoms with van der Waals surface area (Å²) < 4.78 is 20.4. The summed E-state index contributed by atoms with van der Waals surface area (Å²) in [4.78, 5) is 13.6. The Labute approximate surface area is 200 Å². The lowest BCUT2D eigenvalue weighted by Crippen LogP contribution is -2.43. The number of rotatable bonds is 8. The summed E-state index contributed by atoms with van der Waals surface area (Å²) in [6, 6.07) is 11.9. The first kappa shape index (κ1) is 25.1. The minimum Gasteiger partial charge on any atom is -0.466 e. The number of esters is 1. The molecule has 2 aromatic carbocycles. The molecule has 6 heteroatoms. The summed E-state index contributed by atoms with van der Waals surface area (Å²) in [6.45, 7) is 6.11. The van der Waals surface area contributed by atoms with Crippen molar-refractivity contribution in [2.75, 3.05) is 12.9 Å². The molecular formula is C26H33ClFNO2S. The first-order chi connectivity index (χ1) is 15.3. The van der Waals surface area contributed by atoms with E-state index in [1.165, 1.54) is 16.5 Å². The van der Waals surface area contributed by atoms with Gasteiger partial charge in [-0.2, -0.15) is 0 Å². The van der Waals surface area contributed by atoms with Gasteiger partial charge in [-0.3, -0.25) is 4.79 Å². The van der Waals surface area contributed by atoms with E-state index in [0.717, 1.165) is 24.8 Å². The van der Waals surface area contributed by atoms with E-state index in [0.29, 0.717) is 23.6 Å². The SMILES string of the molecule is CCOC(=O)CC1CCCC(NC(C)c2ccc(SC)cc2)C1c1cc(Cl)c(C)cc1F. The van der Waals surface area contributed by atoms with E-state index in [-0.39, 0.29) is 35.7 Å². The molecule has 0 heterocycles. The average molecular weight is 478 g/mol. The number of hydrogen-bond donors (Lipinski definition) is 1. The minimum atomic E-state index is -0.253. The van der Waals surface area contributed by atoms with Crippen LogP contribution in [0.15, 0.2) is 41.3 Å². The quantitative estimate of drug-likeness (QED) is 0.326. The van der Waals surface area contributed by atoms with Crippen molar-refractivity contribution in [1.82, 2.24) is 5.32 Å². The van der Waals surface area contributed by atoms with Crippen LogP contribution in [0.4, 0.5) is 4.39 Å². The third-order valence-electron chi connectivity index (χ3n) is 6.48. The molecule has 0 aliphatic heterocycles.